The Hall–Kier alpha value is -2.32. The summed E-state index contributed by atoms with van der Waals surface area (Å²) < 4.78 is 6.74. The number of hydrogen-bond donors (Lipinski definition) is 2. The molecule has 0 aliphatic rings. The number of hydrogen-bond acceptors (Lipinski definition) is 5. The number of benzene rings is 2. The Balaban J connectivity index is 1.48. The van der Waals surface area contributed by atoms with Crippen molar-refractivity contribution in [3.05, 3.63) is 63.4 Å². The second kappa shape index (κ2) is 9.93. The molecule has 0 unspecified atom stereocenters. The van der Waals surface area contributed by atoms with Crippen molar-refractivity contribution >= 4 is 39.3 Å². The Kier molecular flexibility index (Phi) is 7.33. The van der Waals surface area contributed by atoms with Crippen molar-refractivity contribution < 1.29 is 9.53 Å². The first-order valence-electron chi connectivity index (χ1n) is 9.27. The maximum atomic E-state index is 12.3. The van der Waals surface area contributed by atoms with Crippen molar-refractivity contribution in [3.63, 3.8) is 0 Å². The van der Waals surface area contributed by atoms with Crippen LogP contribution in [0.15, 0.2) is 46.0 Å². The summed E-state index contributed by atoms with van der Waals surface area (Å²) in [5.41, 5.74) is 4.23. The first-order chi connectivity index (χ1) is 14.0. The third-order valence-corrected chi connectivity index (χ3v) is 6.25. The quantitative estimate of drug-likeness (QED) is 0.446. The van der Waals surface area contributed by atoms with Gasteiger partial charge in [-0.15, -0.1) is 5.10 Å². The van der Waals surface area contributed by atoms with E-state index in [0.717, 1.165) is 33.5 Å². The van der Waals surface area contributed by atoms with E-state index in [-0.39, 0.29) is 11.7 Å². The molecule has 0 aliphatic carbocycles. The Morgan fingerprint density at radius 3 is 2.66 bits per heavy atom. The van der Waals surface area contributed by atoms with E-state index >= 15 is 0 Å². The van der Waals surface area contributed by atoms with E-state index in [1.807, 2.05) is 50.2 Å². The van der Waals surface area contributed by atoms with Gasteiger partial charge in [0.05, 0.1) is 5.75 Å². The van der Waals surface area contributed by atoms with Gasteiger partial charge in [0.15, 0.2) is 5.82 Å². The van der Waals surface area contributed by atoms with Crippen molar-refractivity contribution in [1.82, 2.24) is 15.2 Å². The molecule has 1 heterocycles. The fraction of sp³-hybridized carbons (Fsp3) is 0.286. The largest absolute Gasteiger partial charge is 0.486 e. The zero-order valence-corrected chi connectivity index (χ0v) is 19.0. The molecular weight excluding hydrogens is 452 g/mol. The molecule has 0 saturated heterocycles. The third kappa shape index (κ3) is 5.83. The summed E-state index contributed by atoms with van der Waals surface area (Å²) in [5, 5.41) is 10.4. The van der Waals surface area contributed by atoms with Gasteiger partial charge in [0, 0.05) is 10.2 Å². The van der Waals surface area contributed by atoms with Crippen LogP contribution in [0.3, 0.4) is 0 Å². The molecule has 1 aromatic heterocycles. The number of aromatic amines is 1. The Morgan fingerprint density at radius 1 is 1.17 bits per heavy atom. The number of rotatable bonds is 8. The average molecular weight is 475 g/mol. The summed E-state index contributed by atoms with van der Waals surface area (Å²) >= 11 is 4.77. The number of nitrogens with zero attached hydrogens (tertiary/aromatic N) is 2. The summed E-state index contributed by atoms with van der Waals surface area (Å²) in [6.07, 6.45) is 0.998. The van der Waals surface area contributed by atoms with Gasteiger partial charge >= 0.3 is 0 Å². The maximum Gasteiger partial charge on any atom is 0.234 e. The van der Waals surface area contributed by atoms with Crippen LogP contribution in [0.5, 0.6) is 5.75 Å². The van der Waals surface area contributed by atoms with E-state index in [1.54, 1.807) is 0 Å². The number of nitrogens with one attached hydrogen (secondary N) is 2. The molecule has 29 heavy (non-hydrogen) atoms. The topological polar surface area (TPSA) is 79.9 Å². The van der Waals surface area contributed by atoms with Crippen molar-refractivity contribution in [3.8, 4) is 5.75 Å². The van der Waals surface area contributed by atoms with E-state index in [1.165, 1.54) is 17.3 Å². The zero-order chi connectivity index (χ0) is 20.8. The number of carbonyl (C=O) groups excluding carboxylic acids is 1. The van der Waals surface area contributed by atoms with E-state index in [0.29, 0.717) is 17.6 Å². The number of ether oxygens (including phenoxy) is 1. The number of aryl methyl sites for hydroxylation is 1. The minimum atomic E-state index is -0.0987. The average Bonchev–Trinajstić information content (AvgIpc) is 3.19. The SMILES string of the molecule is CCc1ccc(OCc2nc(SCC(=O)Nc3ccc(Br)c(C)c3C)n[nH]2)cc1. The molecule has 0 radical (unpaired) electrons. The minimum absolute atomic E-state index is 0.0987. The zero-order valence-electron chi connectivity index (χ0n) is 16.6. The van der Waals surface area contributed by atoms with Gasteiger partial charge in [0.2, 0.25) is 11.1 Å². The molecule has 0 bridgehead atoms. The highest BCUT2D eigenvalue weighted by Crippen LogP contribution is 2.26. The smallest absolute Gasteiger partial charge is 0.234 e. The first kappa shape index (κ1) is 21.4. The number of amides is 1. The molecule has 0 saturated carbocycles. The highest BCUT2D eigenvalue weighted by molar-refractivity contribution is 9.10. The standard InChI is InChI=1S/C21H23BrN4O2S/c1-4-15-5-7-16(8-6-15)28-11-19-24-21(26-25-19)29-12-20(27)23-18-10-9-17(22)13(2)14(18)3/h5-10H,4,11-12H2,1-3H3,(H,23,27)(H,24,25,26). The van der Waals surface area contributed by atoms with E-state index in [4.69, 9.17) is 4.74 Å². The van der Waals surface area contributed by atoms with Gasteiger partial charge in [-0.25, -0.2) is 4.98 Å². The van der Waals surface area contributed by atoms with Crippen LogP contribution in [-0.2, 0) is 17.8 Å². The number of aromatic nitrogens is 3. The maximum absolute atomic E-state index is 12.3. The first-order valence-corrected chi connectivity index (χ1v) is 11.1. The number of H-pyrrole nitrogens is 1. The summed E-state index contributed by atoms with van der Waals surface area (Å²) in [5.74, 6) is 1.53. The molecule has 6 nitrogen and oxygen atoms in total. The van der Waals surface area contributed by atoms with Crippen LogP contribution in [0, 0.1) is 13.8 Å². The number of carbonyl (C=O) groups is 1. The van der Waals surface area contributed by atoms with Crippen molar-refractivity contribution in [2.75, 3.05) is 11.1 Å². The second-order valence-electron chi connectivity index (χ2n) is 6.53. The fourth-order valence-electron chi connectivity index (χ4n) is 2.62. The normalized spacial score (nSPS) is 10.8. The number of thioether (sulfide) groups is 1. The van der Waals surface area contributed by atoms with Crippen LogP contribution in [0.25, 0.3) is 0 Å². The molecule has 3 aromatic rings. The molecule has 0 fully saturated rings. The lowest BCUT2D eigenvalue weighted by atomic mass is 10.1. The fourth-order valence-corrected chi connectivity index (χ4v) is 3.67. The predicted octanol–water partition coefficient (Wildman–Crippen LogP) is 5.06. The van der Waals surface area contributed by atoms with Crippen LogP contribution < -0.4 is 10.1 Å². The van der Waals surface area contributed by atoms with E-state index in [9.17, 15) is 4.79 Å². The second-order valence-corrected chi connectivity index (χ2v) is 8.33. The summed E-state index contributed by atoms with van der Waals surface area (Å²) in [6.45, 7) is 6.41. The summed E-state index contributed by atoms with van der Waals surface area (Å²) in [4.78, 5) is 16.6. The van der Waals surface area contributed by atoms with Gasteiger partial charge in [-0.1, -0.05) is 46.7 Å². The van der Waals surface area contributed by atoms with Gasteiger partial charge in [0.25, 0.3) is 0 Å². The lowest BCUT2D eigenvalue weighted by Gasteiger charge is -2.11. The van der Waals surface area contributed by atoms with Crippen molar-refractivity contribution in [2.24, 2.45) is 0 Å². The molecule has 0 aliphatic heterocycles. The van der Waals surface area contributed by atoms with Crippen LogP contribution in [0.1, 0.15) is 29.4 Å². The summed E-state index contributed by atoms with van der Waals surface area (Å²) in [6, 6.07) is 11.8. The summed E-state index contributed by atoms with van der Waals surface area (Å²) in [7, 11) is 0. The van der Waals surface area contributed by atoms with Crippen molar-refractivity contribution in [1.29, 1.82) is 0 Å². The highest BCUT2D eigenvalue weighted by Gasteiger charge is 2.11. The van der Waals surface area contributed by atoms with Crippen LogP contribution in [0.4, 0.5) is 5.69 Å². The lowest BCUT2D eigenvalue weighted by molar-refractivity contribution is -0.113. The van der Waals surface area contributed by atoms with Crippen molar-refractivity contribution in [2.45, 2.75) is 39.0 Å². The molecule has 0 atom stereocenters. The van der Waals surface area contributed by atoms with Crippen LogP contribution in [-0.4, -0.2) is 26.8 Å². The van der Waals surface area contributed by atoms with Gasteiger partial charge in [0.1, 0.15) is 12.4 Å². The lowest BCUT2D eigenvalue weighted by Crippen LogP contribution is -2.15. The van der Waals surface area contributed by atoms with Gasteiger partial charge < -0.3 is 10.1 Å². The van der Waals surface area contributed by atoms with Gasteiger partial charge in [-0.05, 0) is 61.2 Å². The number of anilines is 1. The molecule has 2 N–H and O–H groups in total. The minimum Gasteiger partial charge on any atom is -0.486 e. The molecular formula is C21H23BrN4O2S. The highest BCUT2D eigenvalue weighted by atomic mass is 79.9. The van der Waals surface area contributed by atoms with Crippen LogP contribution in [0.2, 0.25) is 0 Å². The van der Waals surface area contributed by atoms with Crippen LogP contribution >= 0.6 is 27.7 Å². The monoisotopic (exact) mass is 474 g/mol. The Morgan fingerprint density at radius 2 is 1.93 bits per heavy atom. The molecule has 152 valence electrons. The Bertz CT molecular complexity index is 989. The molecule has 1 amide bonds. The van der Waals surface area contributed by atoms with E-state index in [2.05, 4.69) is 43.4 Å². The number of halogens is 1. The van der Waals surface area contributed by atoms with E-state index < -0.39 is 0 Å². The molecule has 0 spiro atoms. The third-order valence-electron chi connectivity index (χ3n) is 4.55. The Labute approximate surface area is 183 Å². The van der Waals surface area contributed by atoms with Gasteiger partial charge in [-0.2, -0.15) is 0 Å². The molecule has 8 heteroatoms. The molecule has 2 aromatic carbocycles. The van der Waals surface area contributed by atoms with Gasteiger partial charge in [-0.3, -0.25) is 9.89 Å². The molecule has 3 rings (SSSR count). The predicted molar refractivity (Wildman–Crippen MR) is 120 cm³/mol.